The molecule has 1 saturated carbocycles. The maximum absolute atomic E-state index is 13.1. The summed E-state index contributed by atoms with van der Waals surface area (Å²) in [6.07, 6.45) is 2.00. The molecule has 0 spiro atoms. The summed E-state index contributed by atoms with van der Waals surface area (Å²) >= 11 is 0. The van der Waals surface area contributed by atoms with Crippen LogP contribution < -0.4 is 5.73 Å². The van der Waals surface area contributed by atoms with Gasteiger partial charge in [-0.2, -0.15) is 0 Å². The first kappa shape index (κ1) is 14.2. The molecule has 0 aliphatic heterocycles. The van der Waals surface area contributed by atoms with Crippen LogP contribution in [0.1, 0.15) is 29.9 Å². The minimum atomic E-state index is -0.216. The highest BCUT2D eigenvalue weighted by Gasteiger charge is 2.35. The van der Waals surface area contributed by atoms with E-state index in [-0.39, 0.29) is 23.9 Å². The predicted molar refractivity (Wildman–Crippen MR) is 81.4 cm³/mol. The molecule has 1 fully saturated rings. The van der Waals surface area contributed by atoms with Crippen molar-refractivity contribution >= 4 is 0 Å². The highest BCUT2D eigenvalue weighted by atomic mass is 19.1. The van der Waals surface area contributed by atoms with Crippen molar-refractivity contribution in [2.45, 2.75) is 37.5 Å². The van der Waals surface area contributed by atoms with Crippen molar-refractivity contribution in [3.63, 3.8) is 0 Å². The van der Waals surface area contributed by atoms with E-state index in [4.69, 9.17) is 10.5 Å². The summed E-state index contributed by atoms with van der Waals surface area (Å²) < 4.78 is 19.2. The molecule has 0 bridgehead atoms. The van der Waals surface area contributed by atoms with Gasteiger partial charge in [-0.1, -0.05) is 42.5 Å². The number of ether oxygens (including phenoxy) is 1. The Kier molecular flexibility index (Phi) is 4.32. The third kappa shape index (κ3) is 3.31. The van der Waals surface area contributed by atoms with E-state index in [1.54, 1.807) is 0 Å². The maximum atomic E-state index is 13.1. The first-order chi connectivity index (χ1) is 10.2. The lowest BCUT2D eigenvalue weighted by Gasteiger charge is -2.23. The van der Waals surface area contributed by atoms with Crippen molar-refractivity contribution < 1.29 is 9.13 Å². The van der Waals surface area contributed by atoms with Gasteiger partial charge in [-0.25, -0.2) is 4.39 Å². The molecule has 21 heavy (non-hydrogen) atoms. The van der Waals surface area contributed by atoms with E-state index in [1.165, 1.54) is 12.1 Å². The van der Waals surface area contributed by atoms with Gasteiger partial charge in [0.25, 0.3) is 0 Å². The summed E-state index contributed by atoms with van der Waals surface area (Å²) in [7, 11) is 0. The zero-order chi connectivity index (χ0) is 14.7. The van der Waals surface area contributed by atoms with Gasteiger partial charge in [0, 0.05) is 12.0 Å². The number of nitrogens with two attached hydrogens (primary N) is 1. The lowest BCUT2D eigenvalue weighted by molar-refractivity contribution is 0.0329. The van der Waals surface area contributed by atoms with Gasteiger partial charge in [-0.05, 0) is 36.1 Å². The van der Waals surface area contributed by atoms with Crippen LogP contribution in [0.4, 0.5) is 4.39 Å². The van der Waals surface area contributed by atoms with Crippen molar-refractivity contribution in [1.29, 1.82) is 0 Å². The van der Waals surface area contributed by atoms with Crippen LogP contribution in [0.25, 0.3) is 0 Å². The summed E-state index contributed by atoms with van der Waals surface area (Å²) in [5.41, 5.74) is 8.47. The average Bonchev–Trinajstić information content (AvgIpc) is 2.88. The number of hydrogen-bond donors (Lipinski definition) is 1. The van der Waals surface area contributed by atoms with E-state index in [0.29, 0.717) is 6.61 Å². The predicted octanol–water partition coefficient (Wildman–Crippen LogP) is 3.62. The van der Waals surface area contributed by atoms with Crippen LogP contribution in [0.2, 0.25) is 0 Å². The summed E-state index contributed by atoms with van der Waals surface area (Å²) in [6.45, 7) is 0.593. The van der Waals surface area contributed by atoms with Gasteiger partial charge >= 0.3 is 0 Å². The van der Waals surface area contributed by atoms with Gasteiger partial charge in [-0.15, -0.1) is 0 Å². The Labute approximate surface area is 124 Å². The SMILES string of the molecule is N[C@H]1CC[C@@H](OCc2ccccc2)[C@H]1c1ccc(F)cc1. The molecule has 2 aromatic rings. The zero-order valence-corrected chi connectivity index (χ0v) is 11.9. The summed E-state index contributed by atoms with van der Waals surface area (Å²) in [4.78, 5) is 0. The monoisotopic (exact) mass is 285 g/mol. The Morgan fingerprint density at radius 2 is 1.71 bits per heavy atom. The molecule has 0 amide bonds. The second-order valence-corrected chi connectivity index (χ2v) is 5.65. The van der Waals surface area contributed by atoms with Crippen LogP contribution in [0.3, 0.4) is 0 Å². The minimum absolute atomic E-state index is 0.0798. The molecule has 110 valence electrons. The third-order valence-electron chi connectivity index (χ3n) is 4.21. The zero-order valence-electron chi connectivity index (χ0n) is 11.9. The Morgan fingerprint density at radius 3 is 2.43 bits per heavy atom. The number of halogens is 1. The second-order valence-electron chi connectivity index (χ2n) is 5.65. The van der Waals surface area contributed by atoms with Crippen molar-refractivity contribution in [3.05, 3.63) is 71.5 Å². The normalized spacial score (nSPS) is 25.1. The molecule has 3 atom stereocenters. The largest absolute Gasteiger partial charge is 0.373 e. The fraction of sp³-hybridized carbons (Fsp3) is 0.333. The Morgan fingerprint density at radius 1 is 1.00 bits per heavy atom. The van der Waals surface area contributed by atoms with Gasteiger partial charge in [0.1, 0.15) is 5.82 Å². The van der Waals surface area contributed by atoms with Crippen molar-refractivity contribution in [1.82, 2.24) is 0 Å². The summed E-state index contributed by atoms with van der Waals surface area (Å²) in [5, 5.41) is 0. The summed E-state index contributed by atoms with van der Waals surface area (Å²) in [6, 6.07) is 16.8. The van der Waals surface area contributed by atoms with Crippen molar-refractivity contribution in [2.24, 2.45) is 5.73 Å². The maximum Gasteiger partial charge on any atom is 0.123 e. The molecule has 0 heterocycles. The van der Waals surface area contributed by atoms with Crippen molar-refractivity contribution in [3.8, 4) is 0 Å². The minimum Gasteiger partial charge on any atom is -0.373 e. The lowest BCUT2D eigenvalue weighted by atomic mass is 9.93. The average molecular weight is 285 g/mol. The highest BCUT2D eigenvalue weighted by molar-refractivity contribution is 5.25. The molecule has 1 aliphatic carbocycles. The molecule has 0 unspecified atom stereocenters. The molecule has 3 heteroatoms. The van der Waals surface area contributed by atoms with Crippen LogP contribution >= 0.6 is 0 Å². The molecule has 0 aromatic heterocycles. The van der Waals surface area contributed by atoms with E-state index in [1.807, 2.05) is 30.3 Å². The highest BCUT2D eigenvalue weighted by Crippen LogP contribution is 2.36. The van der Waals surface area contributed by atoms with Crippen LogP contribution in [-0.4, -0.2) is 12.1 Å². The molecule has 2 aromatic carbocycles. The Balaban J connectivity index is 1.70. The number of benzene rings is 2. The molecule has 0 saturated heterocycles. The smallest absolute Gasteiger partial charge is 0.123 e. The van der Waals surface area contributed by atoms with E-state index in [2.05, 4.69) is 12.1 Å². The molecule has 3 rings (SSSR count). The van der Waals surface area contributed by atoms with Gasteiger partial charge < -0.3 is 10.5 Å². The quantitative estimate of drug-likeness (QED) is 0.931. The molecule has 2 nitrogen and oxygen atoms in total. The molecular weight excluding hydrogens is 265 g/mol. The first-order valence-corrected chi connectivity index (χ1v) is 7.40. The molecule has 2 N–H and O–H groups in total. The Bertz CT molecular complexity index is 570. The second kappa shape index (κ2) is 6.37. The van der Waals surface area contributed by atoms with E-state index >= 15 is 0 Å². The van der Waals surface area contributed by atoms with E-state index < -0.39 is 0 Å². The number of hydrogen-bond acceptors (Lipinski definition) is 2. The fourth-order valence-electron chi connectivity index (χ4n) is 3.10. The molecule has 1 aliphatic rings. The van der Waals surface area contributed by atoms with E-state index in [9.17, 15) is 4.39 Å². The van der Waals surface area contributed by atoms with Crippen LogP contribution in [-0.2, 0) is 11.3 Å². The number of rotatable bonds is 4. The first-order valence-electron chi connectivity index (χ1n) is 7.40. The molecular formula is C18H20FNO. The van der Waals surface area contributed by atoms with Crippen LogP contribution in [0.15, 0.2) is 54.6 Å². The van der Waals surface area contributed by atoms with Gasteiger partial charge in [0.15, 0.2) is 0 Å². The van der Waals surface area contributed by atoms with E-state index in [0.717, 1.165) is 24.0 Å². The lowest BCUT2D eigenvalue weighted by Crippen LogP contribution is -2.29. The van der Waals surface area contributed by atoms with Crippen LogP contribution in [0.5, 0.6) is 0 Å². The molecule has 0 radical (unpaired) electrons. The van der Waals surface area contributed by atoms with Crippen molar-refractivity contribution in [2.75, 3.05) is 0 Å². The van der Waals surface area contributed by atoms with Crippen LogP contribution in [0, 0.1) is 5.82 Å². The van der Waals surface area contributed by atoms with Gasteiger partial charge in [0.05, 0.1) is 12.7 Å². The Hall–Kier alpha value is -1.71. The topological polar surface area (TPSA) is 35.2 Å². The third-order valence-corrected chi connectivity index (χ3v) is 4.21. The van der Waals surface area contributed by atoms with Gasteiger partial charge in [-0.3, -0.25) is 0 Å². The fourth-order valence-corrected chi connectivity index (χ4v) is 3.10. The standard InChI is InChI=1S/C18H20FNO/c19-15-8-6-14(7-9-15)18-16(20)10-11-17(18)21-12-13-4-2-1-3-5-13/h1-9,16-18H,10-12,20H2/t16-,17+,18-/m0/s1. The van der Waals surface area contributed by atoms with Gasteiger partial charge in [0.2, 0.25) is 0 Å². The summed E-state index contributed by atoms with van der Waals surface area (Å²) in [5.74, 6) is -0.0682.